The summed E-state index contributed by atoms with van der Waals surface area (Å²) in [7, 11) is 0. The van der Waals surface area contributed by atoms with Gasteiger partial charge in [-0.1, -0.05) is 25.2 Å². The quantitative estimate of drug-likeness (QED) is 0.882. The zero-order valence-corrected chi connectivity index (χ0v) is 14.5. The van der Waals surface area contributed by atoms with E-state index < -0.39 is 6.04 Å². The van der Waals surface area contributed by atoms with Crippen molar-refractivity contribution >= 4 is 38.3 Å². The molecule has 1 aromatic heterocycles. The van der Waals surface area contributed by atoms with Gasteiger partial charge in [0.15, 0.2) is 5.13 Å². The summed E-state index contributed by atoms with van der Waals surface area (Å²) in [5.41, 5.74) is 7.71. The number of hydrogen-bond donors (Lipinski definition) is 2. The Kier molecular flexibility index (Phi) is 4.82. The molecule has 2 aromatic rings. The van der Waals surface area contributed by atoms with Crippen LogP contribution >= 0.6 is 11.3 Å². The fraction of sp³-hybridized carbons (Fsp3) is 0.529. The third-order valence-electron chi connectivity index (χ3n) is 4.08. The first-order valence-corrected chi connectivity index (χ1v) is 9.06. The molecule has 124 valence electrons. The maximum atomic E-state index is 12.1. The van der Waals surface area contributed by atoms with Crippen LogP contribution in [0.4, 0.5) is 10.8 Å². The third kappa shape index (κ3) is 3.82. The lowest BCUT2D eigenvalue weighted by Crippen LogP contribution is -2.36. The van der Waals surface area contributed by atoms with Crippen LogP contribution in [0.2, 0.25) is 0 Å². The van der Waals surface area contributed by atoms with Crippen molar-refractivity contribution < 1.29 is 4.79 Å². The highest BCUT2D eigenvalue weighted by atomic mass is 32.1. The zero-order chi connectivity index (χ0) is 16.4. The Morgan fingerprint density at radius 2 is 2.13 bits per heavy atom. The highest BCUT2D eigenvalue weighted by molar-refractivity contribution is 7.22. The molecule has 5 nitrogen and oxygen atoms in total. The fourth-order valence-electron chi connectivity index (χ4n) is 2.88. The van der Waals surface area contributed by atoms with Gasteiger partial charge in [0.2, 0.25) is 5.91 Å². The Bertz CT molecular complexity index is 691. The van der Waals surface area contributed by atoms with Crippen LogP contribution in [-0.4, -0.2) is 30.0 Å². The van der Waals surface area contributed by atoms with Gasteiger partial charge >= 0.3 is 0 Å². The number of fused-ring (bicyclic) bond motifs is 1. The molecule has 0 radical (unpaired) electrons. The first-order chi connectivity index (χ1) is 11.0. The molecule has 0 spiro atoms. The van der Waals surface area contributed by atoms with Gasteiger partial charge in [-0.25, -0.2) is 4.98 Å². The van der Waals surface area contributed by atoms with Crippen LogP contribution in [0.5, 0.6) is 0 Å². The molecule has 3 N–H and O–H groups in total. The number of nitrogens with one attached hydrogen (secondary N) is 1. The third-order valence-corrected chi connectivity index (χ3v) is 5.16. The summed E-state index contributed by atoms with van der Waals surface area (Å²) in [6, 6.07) is 5.39. The van der Waals surface area contributed by atoms with E-state index >= 15 is 0 Å². The van der Waals surface area contributed by atoms with Gasteiger partial charge in [-0.3, -0.25) is 4.79 Å². The number of anilines is 2. The number of aromatic nitrogens is 1. The van der Waals surface area contributed by atoms with Crippen LogP contribution in [0.1, 0.15) is 33.1 Å². The van der Waals surface area contributed by atoms with Crippen molar-refractivity contribution in [3.63, 3.8) is 0 Å². The Balaban J connectivity index is 1.73. The summed E-state index contributed by atoms with van der Waals surface area (Å²) in [5, 5.41) is 4.00. The smallest absolute Gasteiger partial charge is 0.241 e. The van der Waals surface area contributed by atoms with E-state index in [4.69, 9.17) is 10.7 Å². The number of nitrogens with two attached hydrogens (primary N) is 1. The number of nitrogens with zero attached hydrogens (tertiary/aromatic N) is 2. The molecule has 1 saturated heterocycles. The number of benzene rings is 1. The predicted octanol–water partition coefficient (Wildman–Crippen LogP) is 3.21. The number of thiazole rings is 1. The molecule has 0 aliphatic carbocycles. The van der Waals surface area contributed by atoms with Gasteiger partial charge in [-0.15, -0.1) is 0 Å². The predicted molar refractivity (Wildman–Crippen MR) is 97.1 cm³/mol. The van der Waals surface area contributed by atoms with Crippen molar-refractivity contribution in [2.24, 2.45) is 11.7 Å². The van der Waals surface area contributed by atoms with E-state index in [-0.39, 0.29) is 5.91 Å². The van der Waals surface area contributed by atoms with E-state index in [2.05, 4.69) is 24.1 Å². The van der Waals surface area contributed by atoms with E-state index in [0.717, 1.165) is 34.1 Å². The lowest BCUT2D eigenvalue weighted by Gasteiger charge is -2.14. The largest absolute Gasteiger partial charge is 0.348 e. The molecular formula is C17H24N4OS. The molecule has 1 aliphatic heterocycles. The number of carbonyl (C=O) groups excluding carboxylic acids is 1. The van der Waals surface area contributed by atoms with Gasteiger partial charge in [0, 0.05) is 18.8 Å². The molecule has 0 bridgehead atoms. The average Bonchev–Trinajstić information content (AvgIpc) is 3.14. The molecule has 0 unspecified atom stereocenters. The molecule has 3 rings (SSSR count). The Hall–Kier alpha value is -1.66. The maximum Gasteiger partial charge on any atom is 0.241 e. The van der Waals surface area contributed by atoms with Gasteiger partial charge in [0.1, 0.15) is 0 Å². The molecule has 1 fully saturated rings. The molecule has 1 aliphatic rings. The molecule has 23 heavy (non-hydrogen) atoms. The Morgan fingerprint density at radius 1 is 1.39 bits per heavy atom. The van der Waals surface area contributed by atoms with E-state index in [9.17, 15) is 4.79 Å². The number of carbonyl (C=O) groups is 1. The molecule has 2 heterocycles. The standard InChI is InChI=1S/C17H24N4OS/c1-11(2)9-13(18)16(22)19-12-5-6-14-15(10-12)23-17(20-14)21-7-3-4-8-21/h5-6,10-11,13H,3-4,7-9,18H2,1-2H3,(H,19,22)/t13-/m0/s1. The minimum atomic E-state index is -0.465. The highest BCUT2D eigenvalue weighted by Gasteiger charge is 2.18. The van der Waals surface area contributed by atoms with Gasteiger partial charge in [-0.05, 0) is 43.4 Å². The normalized spacial score (nSPS) is 16.3. The minimum Gasteiger partial charge on any atom is -0.348 e. The van der Waals surface area contributed by atoms with E-state index in [1.54, 1.807) is 11.3 Å². The summed E-state index contributed by atoms with van der Waals surface area (Å²) in [6.45, 7) is 6.31. The van der Waals surface area contributed by atoms with Gasteiger partial charge < -0.3 is 16.0 Å². The molecule has 6 heteroatoms. The molecular weight excluding hydrogens is 308 g/mol. The summed E-state index contributed by atoms with van der Waals surface area (Å²) in [6.07, 6.45) is 3.17. The van der Waals surface area contributed by atoms with Crippen molar-refractivity contribution in [1.82, 2.24) is 4.98 Å². The van der Waals surface area contributed by atoms with Gasteiger partial charge in [0.05, 0.1) is 16.3 Å². The van der Waals surface area contributed by atoms with Crippen LogP contribution < -0.4 is 16.0 Å². The van der Waals surface area contributed by atoms with Crippen molar-refractivity contribution in [3.8, 4) is 0 Å². The first kappa shape index (κ1) is 16.2. The number of amides is 1. The summed E-state index contributed by atoms with van der Waals surface area (Å²) in [5.74, 6) is 0.282. The van der Waals surface area contributed by atoms with Crippen LogP contribution in [-0.2, 0) is 4.79 Å². The Labute approximate surface area is 140 Å². The minimum absolute atomic E-state index is 0.123. The second-order valence-electron chi connectivity index (χ2n) is 6.60. The summed E-state index contributed by atoms with van der Waals surface area (Å²) < 4.78 is 1.10. The molecule has 1 amide bonds. The maximum absolute atomic E-state index is 12.1. The van der Waals surface area contributed by atoms with E-state index in [0.29, 0.717) is 12.3 Å². The SMILES string of the molecule is CC(C)C[C@H](N)C(=O)Nc1ccc2nc(N3CCCC3)sc2c1. The molecule has 1 atom stereocenters. The van der Waals surface area contributed by atoms with Crippen LogP contribution in [0.25, 0.3) is 10.2 Å². The second kappa shape index (κ2) is 6.84. The zero-order valence-electron chi connectivity index (χ0n) is 13.7. The van der Waals surface area contributed by atoms with Crippen LogP contribution in [0.3, 0.4) is 0 Å². The van der Waals surface area contributed by atoms with Gasteiger partial charge in [-0.2, -0.15) is 0 Å². The van der Waals surface area contributed by atoms with Crippen LogP contribution in [0, 0.1) is 5.92 Å². The average molecular weight is 332 g/mol. The van der Waals surface area contributed by atoms with Crippen molar-refractivity contribution in [1.29, 1.82) is 0 Å². The fourth-order valence-corrected chi connectivity index (χ4v) is 3.94. The second-order valence-corrected chi connectivity index (χ2v) is 7.61. The molecule has 0 saturated carbocycles. The van der Waals surface area contributed by atoms with Crippen LogP contribution in [0.15, 0.2) is 18.2 Å². The lowest BCUT2D eigenvalue weighted by atomic mass is 10.0. The number of rotatable bonds is 5. The van der Waals surface area contributed by atoms with Crippen molar-refractivity contribution in [2.75, 3.05) is 23.3 Å². The molecule has 1 aromatic carbocycles. The summed E-state index contributed by atoms with van der Waals surface area (Å²) >= 11 is 1.69. The van der Waals surface area contributed by atoms with Gasteiger partial charge in [0.25, 0.3) is 0 Å². The first-order valence-electron chi connectivity index (χ1n) is 8.25. The lowest BCUT2D eigenvalue weighted by molar-refractivity contribution is -0.117. The number of hydrogen-bond acceptors (Lipinski definition) is 5. The highest BCUT2D eigenvalue weighted by Crippen LogP contribution is 2.32. The van der Waals surface area contributed by atoms with E-state index in [1.807, 2.05) is 18.2 Å². The van der Waals surface area contributed by atoms with Crippen molar-refractivity contribution in [2.45, 2.75) is 39.2 Å². The van der Waals surface area contributed by atoms with E-state index in [1.165, 1.54) is 12.8 Å². The topological polar surface area (TPSA) is 71.2 Å². The monoisotopic (exact) mass is 332 g/mol. The summed E-state index contributed by atoms with van der Waals surface area (Å²) in [4.78, 5) is 19.2. The Morgan fingerprint density at radius 3 is 2.83 bits per heavy atom. The van der Waals surface area contributed by atoms with Crippen molar-refractivity contribution in [3.05, 3.63) is 18.2 Å².